The summed E-state index contributed by atoms with van der Waals surface area (Å²) in [5.41, 5.74) is 1.06. The van der Waals surface area contributed by atoms with E-state index in [0.717, 1.165) is 11.6 Å². The van der Waals surface area contributed by atoms with Crippen molar-refractivity contribution in [2.24, 2.45) is 0 Å². The van der Waals surface area contributed by atoms with Gasteiger partial charge in [0.05, 0.1) is 5.02 Å². The number of urea groups is 1. The van der Waals surface area contributed by atoms with Crippen molar-refractivity contribution >= 4 is 29.2 Å². The first kappa shape index (κ1) is 20.6. The zero-order valence-corrected chi connectivity index (χ0v) is 15.4. The monoisotopic (exact) mass is 395 g/mol. The molecule has 144 valence electrons. The molecule has 3 amide bonds. The molecule has 0 aliphatic heterocycles. The number of halogens is 3. The van der Waals surface area contributed by atoms with Gasteiger partial charge in [0.1, 0.15) is 17.7 Å². The van der Waals surface area contributed by atoms with Gasteiger partial charge in [-0.25, -0.2) is 13.6 Å². The van der Waals surface area contributed by atoms with E-state index in [4.69, 9.17) is 11.6 Å². The molecule has 0 aliphatic carbocycles. The Morgan fingerprint density at radius 3 is 2.44 bits per heavy atom. The number of hydrogen-bond acceptors (Lipinski definition) is 2. The Morgan fingerprint density at radius 1 is 1.11 bits per heavy atom. The van der Waals surface area contributed by atoms with Gasteiger partial charge in [-0.2, -0.15) is 0 Å². The lowest BCUT2D eigenvalue weighted by Gasteiger charge is -2.18. The highest BCUT2D eigenvalue weighted by atomic mass is 35.5. The summed E-state index contributed by atoms with van der Waals surface area (Å²) < 4.78 is 26.1. The summed E-state index contributed by atoms with van der Waals surface area (Å²) in [6.45, 7) is 2.08. The lowest BCUT2D eigenvalue weighted by molar-refractivity contribution is -0.118. The normalized spacial score (nSPS) is 11.6. The molecule has 3 N–H and O–H groups in total. The van der Waals surface area contributed by atoms with E-state index in [1.165, 1.54) is 24.3 Å². The highest BCUT2D eigenvalue weighted by Gasteiger charge is 2.20. The Morgan fingerprint density at radius 2 is 1.81 bits per heavy atom. The van der Waals surface area contributed by atoms with Gasteiger partial charge in [0.2, 0.25) is 5.91 Å². The van der Waals surface area contributed by atoms with Crippen molar-refractivity contribution in [2.45, 2.75) is 32.4 Å². The summed E-state index contributed by atoms with van der Waals surface area (Å²) in [6, 6.07) is 8.26. The van der Waals surface area contributed by atoms with Gasteiger partial charge in [-0.3, -0.25) is 4.79 Å². The van der Waals surface area contributed by atoms with E-state index < -0.39 is 23.8 Å². The zero-order chi connectivity index (χ0) is 19.8. The van der Waals surface area contributed by atoms with Crippen LogP contribution in [0.3, 0.4) is 0 Å². The number of nitrogens with one attached hydrogen (secondary N) is 3. The fourth-order valence-electron chi connectivity index (χ4n) is 2.35. The number of amides is 3. The topological polar surface area (TPSA) is 70.2 Å². The van der Waals surface area contributed by atoms with Gasteiger partial charge in [0.15, 0.2) is 0 Å². The molecule has 0 aromatic heterocycles. The van der Waals surface area contributed by atoms with Crippen molar-refractivity contribution in [1.29, 1.82) is 0 Å². The van der Waals surface area contributed by atoms with Crippen LogP contribution < -0.4 is 16.0 Å². The molecule has 0 saturated heterocycles. The molecule has 2 aromatic carbocycles. The molecule has 1 atom stereocenters. The molecule has 0 radical (unpaired) electrons. The Kier molecular flexibility index (Phi) is 7.55. The minimum absolute atomic E-state index is 0.107. The van der Waals surface area contributed by atoms with Gasteiger partial charge in [-0.05, 0) is 42.3 Å². The van der Waals surface area contributed by atoms with Crippen molar-refractivity contribution in [3.63, 3.8) is 0 Å². The Hall–Kier alpha value is -2.67. The van der Waals surface area contributed by atoms with Gasteiger partial charge in [0.25, 0.3) is 0 Å². The van der Waals surface area contributed by atoms with Crippen LogP contribution in [0.5, 0.6) is 0 Å². The molecule has 0 fully saturated rings. The fourth-order valence-corrected chi connectivity index (χ4v) is 2.54. The fraction of sp³-hybridized carbons (Fsp3) is 0.263. The highest BCUT2D eigenvalue weighted by Crippen LogP contribution is 2.19. The average Bonchev–Trinajstić information content (AvgIpc) is 2.64. The van der Waals surface area contributed by atoms with Crippen LogP contribution in [0.15, 0.2) is 42.5 Å². The van der Waals surface area contributed by atoms with E-state index in [1.807, 2.05) is 6.92 Å². The standard InChI is InChI=1S/C19H20ClF2N3O2/c1-2-3-17(18(26)24-14-8-9-16(22)15(20)10-14)25-19(27)23-11-12-4-6-13(21)7-5-12/h4-10,17H,2-3,11H2,1H3,(H,24,26)(H2,23,25,27). The van der Waals surface area contributed by atoms with E-state index in [2.05, 4.69) is 16.0 Å². The maximum atomic E-state index is 13.2. The molecule has 0 heterocycles. The first-order valence-electron chi connectivity index (χ1n) is 8.43. The van der Waals surface area contributed by atoms with Gasteiger partial charge >= 0.3 is 6.03 Å². The SMILES string of the molecule is CCCC(NC(=O)NCc1ccc(F)cc1)C(=O)Nc1ccc(F)c(Cl)c1. The largest absolute Gasteiger partial charge is 0.334 e. The second kappa shape index (κ2) is 9.87. The molecule has 2 rings (SSSR count). The van der Waals surface area contributed by atoms with Crippen molar-refractivity contribution in [3.05, 3.63) is 64.7 Å². The quantitative estimate of drug-likeness (QED) is 0.656. The van der Waals surface area contributed by atoms with E-state index in [1.54, 1.807) is 12.1 Å². The summed E-state index contributed by atoms with van der Waals surface area (Å²) in [5, 5.41) is 7.72. The Bertz CT molecular complexity index is 800. The number of hydrogen-bond donors (Lipinski definition) is 3. The predicted octanol–water partition coefficient (Wildman–Crippen LogP) is 4.22. The summed E-state index contributed by atoms with van der Waals surface area (Å²) in [6.07, 6.45) is 1.09. The van der Waals surface area contributed by atoms with Crippen LogP contribution in [0, 0.1) is 11.6 Å². The van der Waals surface area contributed by atoms with Crippen LogP contribution in [0.4, 0.5) is 19.3 Å². The van der Waals surface area contributed by atoms with E-state index in [0.29, 0.717) is 18.5 Å². The van der Waals surface area contributed by atoms with Crippen molar-refractivity contribution < 1.29 is 18.4 Å². The molecule has 5 nitrogen and oxygen atoms in total. The van der Waals surface area contributed by atoms with Crippen LogP contribution in [-0.4, -0.2) is 18.0 Å². The Labute approximate surface area is 161 Å². The molecule has 0 saturated carbocycles. The minimum atomic E-state index is -0.771. The first-order valence-corrected chi connectivity index (χ1v) is 8.81. The molecular formula is C19H20ClF2N3O2. The van der Waals surface area contributed by atoms with Gasteiger partial charge < -0.3 is 16.0 Å². The summed E-state index contributed by atoms with van der Waals surface area (Å²) in [7, 11) is 0. The number of anilines is 1. The molecule has 8 heteroatoms. The maximum Gasteiger partial charge on any atom is 0.315 e. The Balaban J connectivity index is 1.92. The lowest BCUT2D eigenvalue weighted by Crippen LogP contribution is -2.47. The first-order chi connectivity index (χ1) is 12.9. The number of benzene rings is 2. The van der Waals surface area contributed by atoms with Gasteiger partial charge in [0, 0.05) is 12.2 Å². The van der Waals surface area contributed by atoms with Gasteiger partial charge in [-0.15, -0.1) is 0 Å². The van der Waals surface area contributed by atoms with Crippen molar-refractivity contribution in [1.82, 2.24) is 10.6 Å². The molecule has 0 aliphatic rings. The van der Waals surface area contributed by atoms with E-state index in [-0.39, 0.29) is 17.4 Å². The summed E-state index contributed by atoms with van der Waals surface area (Å²) in [4.78, 5) is 24.5. The zero-order valence-electron chi connectivity index (χ0n) is 14.7. The molecule has 27 heavy (non-hydrogen) atoms. The minimum Gasteiger partial charge on any atom is -0.334 e. The lowest BCUT2D eigenvalue weighted by atomic mass is 10.1. The molecule has 0 spiro atoms. The third-order valence-corrected chi connectivity index (χ3v) is 4.04. The smallest absolute Gasteiger partial charge is 0.315 e. The summed E-state index contributed by atoms with van der Waals surface area (Å²) in [5.74, 6) is -1.38. The molecular weight excluding hydrogens is 376 g/mol. The van der Waals surface area contributed by atoms with Crippen molar-refractivity contribution in [3.8, 4) is 0 Å². The highest BCUT2D eigenvalue weighted by molar-refractivity contribution is 6.31. The third kappa shape index (κ3) is 6.53. The maximum absolute atomic E-state index is 13.2. The average molecular weight is 396 g/mol. The van der Waals surface area contributed by atoms with Crippen LogP contribution in [-0.2, 0) is 11.3 Å². The van der Waals surface area contributed by atoms with Crippen LogP contribution in [0.1, 0.15) is 25.3 Å². The van der Waals surface area contributed by atoms with E-state index >= 15 is 0 Å². The predicted molar refractivity (Wildman–Crippen MR) is 101 cm³/mol. The molecule has 2 aromatic rings. The second-order valence-electron chi connectivity index (χ2n) is 5.91. The molecule has 1 unspecified atom stereocenters. The van der Waals surface area contributed by atoms with E-state index in [9.17, 15) is 18.4 Å². The second-order valence-corrected chi connectivity index (χ2v) is 6.32. The van der Waals surface area contributed by atoms with Gasteiger partial charge in [-0.1, -0.05) is 37.1 Å². The van der Waals surface area contributed by atoms with Crippen LogP contribution >= 0.6 is 11.6 Å². The number of carbonyl (C=O) groups excluding carboxylic acids is 2. The number of carbonyl (C=O) groups is 2. The van der Waals surface area contributed by atoms with Crippen molar-refractivity contribution in [2.75, 3.05) is 5.32 Å². The van der Waals surface area contributed by atoms with Crippen LogP contribution in [0.2, 0.25) is 5.02 Å². The third-order valence-electron chi connectivity index (χ3n) is 3.75. The van der Waals surface area contributed by atoms with Crippen LogP contribution in [0.25, 0.3) is 0 Å². The summed E-state index contributed by atoms with van der Waals surface area (Å²) >= 11 is 5.70. The molecule has 0 bridgehead atoms. The number of rotatable bonds is 7.